The molecule has 3 heteroatoms. The molecule has 0 bridgehead atoms. The second kappa shape index (κ2) is 5.25. The minimum Gasteiger partial charge on any atom is -0.317 e. The summed E-state index contributed by atoms with van der Waals surface area (Å²) >= 11 is 0. The highest BCUT2D eigenvalue weighted by Crippen LogP contribution is 2.21. The van der Waals surface area contributed by atoms with Gasteiger partial charge >= 0.3 is 6.16 Å². The maximum Gasteiger partial charge on any atom is 0.398 e. The van der Waals surface area contributed by atoms with Gasteiger partial charge in [-0.05, 0) is 11.1 Å². The molecule has 0 unspecified atom stereocenters. The third-order valence-corrected chi connectivity index (χ3v) is 2.52. The predicted molar refractivity (Wildman–Crippen MR) is 64.4 cm³/mol. The molecule has 0 aliphatic heterocycles. The van der Waals surface area contributed by atoms with Crippen molar-refractivity contribution in [1.82, 2.24) is 5.32 Å². The summed E-state index contributed by atoms with van der Waals surface area (Å²) < 4.78 is 12.6. The van der Waals surface area contributed by atoms with Gasteiger partial charge in [-0.15, -0.1) is 4.39 Å². The van der Waals surface area contributed by atoms with E-state index in [0.29, 0.717) is 0 Å². The molecular formula is C14H12FNO. The smallest absolute Gasteiger partial charge is 0.317 e. The second-order valence-electron chi connectivity index (χ2n) is 3.67. The van der Waals surface area contributed by atoms with Crippen molar-refractivity contribution in [2.75, 3.05) is 0 Å². The predicted octanol–water partition coefficient (Wildman–Crippen LogP) is 3.46. The van der Waals surface area contributed by atoms with Crippen molar-refractivity contribution >= 4 is 6.16 Å². The van der Waals surface area contributed by atoms with E-state index in [2.05, 4.69) is 5.32 Å². The Kier molecular flexibility index (Phi) is 3.50. The number of carbonyl (C=O) groups excluding carboxylic acids is 1. The number of halogens is 1. The van der Waals surface area contributed by atoms with E-state index in [0.717, 1.165) is 11.1 Å². The molecular weight excluding hydrogens is 217 g/mol. The summed E-state index contributed by atoms with van der Waals surface area (Å²) in [5, 5.41) is 2.31. The van der Waals surface area contributed by atoms with Gasteiger partial charge in [-0.25, -0.2) is 4.79 Å². The molecule has 0 atom stereocenters. The van der Waals surface area contributed by atoms with Crippen molar-refractivity contribution in [3.63, 3.8) is 0 Å². The SMILES string of the molecule is O=C(F)NC(c1ccccc1)c1ccccc1. The van der Waals surface area contributed by atoms with Crippen LogP contribution in [0.3, 0.4) is 0 Å². The Morgan fingerprint density at radius 1 is 0.882 bits per heavy atom. The van der Waals surface area contributed by atoms with Crippen molar-refractivity contribution in [3.8, 4) is 0 Å². The summed E-state index contributed by atoms with van der Waals surface area (Å²) in [6, 6.07) is 18.2. The number of amides is 1. The van der Waals surface area contributed by atoms with E-state index in [1.807, 2.05) is 60.7 Å². The normalized spacial score (nSPS) is 10.2. The molecule has 0 aliphatic carbocycles. The van der Waals surface area contributed by atoms with Crippen LogP contribution in [0, 0.1) is 0 Å². The number of nitrogens with one attached hydrogen (secondary N) is 1. The van der Waals surface area contributed by atoms with E-state index in [4.69, 9.17) is 0 Å². The largest absolute Gasteiger partial charge is 0.398 e. The summed E-state index contributed by atoms with van der Waals surface area (Å²) in [5.41, 5.74) is 1.70. The van der Waals surface area contributed by atoms with E-state index >= 15 is 0 Å². The number of benzene rings is 2. The molecule has 2 aromatic rings. The number of hydrogen-bond acceptors (Lipinski definition) is 1. The Morgan fingerprint density at radius 3 is 1.65 bits per heavy atom. The summed E-state index contributed by atoms with van der Waals surface area (Å²) in [4.78, 5) is 10.6. The lowest BCUT2D eigenvalue weighted by atomic mass is 9.99. The van der Waals surface area contributed by atoms with Crippen molar-refractivity contribution in [2.24, 2.45) is 0 Å². The lowest BCUT2D eigenvalue weighted by molar-refractivity contribution is 0.219. The molecule has 0 saturated heterocycles. The molecule has 2 aromatic carbocycles. The van der Waals surface area contributed by atoms with Crippen LogP contribution in [0.2, 0.25) is 0 Å². The van der Waals surface area contributed by atoms with Gasteiger partial charge in [0.05, 0.1) is 6.04 Å². The lowest BCUT2D eigenvalue weighted by Crippen LogP contribution is -2.24. The van der Waals surface area contributed by atoms with Gasteiger partial charge in [-0.1, -0.05) is 60.7 Å². The molecule has 0 aliphatic rings. The van der Waals surface area contributed by atoms with Crippen LogP contribution in [0.5, 0.6) is 0 Å². The van der Waals surface area contributed by atoms with Gasteiger partial charge in [0.1, 0.15) is 0 Å². The molecule has 86 valence electrons. The van der Waals surface area contributed by atoms with Crippen LogP contribution in [0.4, 0.5) is 9.18 Å². The molecule has 2 nitrogen and oxygen atoms in total. The zero-order valence-corrected chi connectivity index (χ0v) is 9.14. The Labute approximate surface area is 99.1 Å². The summed E-state index contributed by atoms with van der Waals surface area (Å²) in [7, 11) is 0. The molecule has 0 spiro atoms. The van der Waals surface area contributed by atoms with Crippen LogP contribution in [-0.2, 0) is 0 Å². The average molecular weight is 229 g/mol. The van der Waals surface area contributed by atoms with Crippen molar-refractivity contribution in [1.29, 1.82) is 0 Å². The van der Waals surface area contributed by atoms with Crippen LogP contribution in [-0.4, -0.2) is 6.16 Å². The van der Waals surface area contributed by atoms with Crippen LogP contribution in [0.15, 0.2) is 60.7 Å². The van der Waals surface area contributed by atoms with Crippen LogP contribution < -0.4 is 5.32 Å². The van der Waals surface area contributed by atoms with Gasteiger partial charge in [-0.3, -0.25) is 0 Å². The highest BCUT2D eigenvalue weighted by Gasteiger charge is 2.15. The van der Waals surface area contributed by atoms with Crippen LogP contribution in [0.25, 0.3) is 0 Å². The van der Waals surface area contributed by atoms with Crippen molar-refractivity contribution in [3.05, 3.63) is 71.8 Å². The fourth-order valence-corrected chi connectivity index (χ4v) is 1.76. The maximum absolute atomic E-state index is 12.6. The molecule has 0 saturated carbocycles. The summed E-state index contributed by atoms with van der Waals surface area (Å²) in [5.74, 6) is 0. The third-order valence-electron chi connectivity index (χ3n) is 2.52. The zero-order chi connectivity index (χ0) is 12.1. The van der Waals surface area contributed by atoms with Gasteiger partial charge in [0.2, 0.25) is 0 Å². The minimum absolute atomic E-state index is 0.449. The Morgan fingerprint density at radius 2 is 1.29 bits per heavy atom. The number of hydrogen-bond donors (Lipinski definition) is 1. The monoisotopic (exact) mass is 229 g/mol. The third kappa shape index (κ3) is 2.91. The standard InChI is InChI=1S/C14H12FNO/c15-14(17)16-13(11-7-3-1-4-8-11)12-9-5-2-6-10-12/h1-10,13H,(H,16,17). The molecule has 2 rings (SSSR count). The minimum atomic E-state index is -1.53. The fraction of sp³-hybridized carbons (Fsp3) is 0.0714. The molecule has 0 fully saturated rings. The van der Waals surface area contributed by atoms with E-state index in [-0.39, 0.29) is 0 Å². The molecule has 17 heavy (non-hydrogen) atoms. The van der Waals surface area contributed by atoms with Crippen LogP contribution in [0.1, 0.15) is 17.2 Å². The first-order valence-corrected chi connectivity index (χ1v) is 5.33. The first-order valence-electron chi connectivity index (χ1n) is 5.33. The summed E-state index contributed by atoms with van der Waals surface area (Å²) in [6.07, 6.45) is -1.53. The highest BCUT2D eigenvalue weighted by atomic mass is 19.1. The Bertz CT molecular complexity index is 445. The molecule has 1 amide bonds. The van der Waals surface area contributed by atoms with E-state index in [1.165, 1.54) is 0 Å². The molecule has 0 heterocycles. The Hall–Kier alpha value is -2.16. The number of rotatable bonds is 3. The van der Waals surface area contributed by atoms with E-state index in [1.54, 1.807) is 0 Å². The van der Waals surface area contributed by atoms with Gasteiger partial charge in [-0.2, -0.15) is 0 Å². The highest BCUT2D eigenvalue weighted by molar-refractivity contribution is 5.67. The van der Waals surface area contributed by atoms with E-state index in [9.17, 15) is 9.18 Å². The maximum atomic E-state index is 12.6. The van der Waals surface area contributed by atoms with Gasteiger partial charge < -0.3 is 5.32 Å². The first kappa shape index (κ1) is 11.3. The molecule has 0 radical (unpaired) electrons. The Balaban J connectivity index is 2.36. The van der Waals surface area contributed by atoms with Crippen LogP contribution >= 0.6 is 0 Å². The average Bonchev–Trinajstić information content (AvgIpc) is 2.38. The zero-order valence-electron chi connectivity index (χ0n) is 9.14. The molecule has 0 aromatic heterocycles. The van der Waals surface area contributed by atoms with Gasteiger partial charge in [0, 0.05) is 0 Å². The lowest BCUT2D eigenvalue weighted by Gasteiger charge is -2.17. The fourth-order valence-electron chi connectivity index (χ4n) is 1.76. The second-order valence-corrected chi connectivity index (χ2v) is 3.67. The van der Waals surface area contributed by atoms with Gasteiger partial charge in [0.25, 0.3) is 0 Å². The quantitative estimate of drug-likeness (QED) is 0.633. The summed E-state index contributed by atoms with van der Waals surface area (Å²) in [6.45, 7) is 0. The van der Waals surface area contributed by atoms with E-state index < -0.39 is 12.2 Å². The number of carbonyl (C=O) groups is 1. The van der Waals surface area contributed by atoms with Gasteiger partial charge in [0.15, 0.2) is 0 Å². The first-order chi connectivity index (χ1) is 8.27. The molecule has 1 N–H and O–H groups in total. The van der Waals surface area contributed by atoms with Crippen molar-refractivity contribution < 1.29 is 9.18 Å². The topological polar surface area (TPSA) is 29.1 Å². The van der Waals surface area contributed by atoms with Crippen molar-refractivity contribution in [2.45, 2.75) is 6.04 Å².